The van der Waals surface area contributed by atoms with E-state index in [0.29, 0.717) is 5.56 Å². The summed E-state index contributed by atoms with van der Waals surface area (Å²) in [5.41, 5.74) is 2.48. The maximum absolute atomic E-state index is 12.3. The van der Waals surface area contributed by atoms with Crippen LogP contribution in [0.4, 0.5) is 0 Å². The van der Waals surface area contributed by atoms with Crippen LogP contribution < -0.4 is 4.74 Å². The Morgan fingerprint density at radius 2 is 1.91 bits per heavy atom. The fourth-order valence-electron chi connectivity index (χ4n) is 2.28. The first-order valence-electron chi connectivity index (χ1n) is 7.22. The molecule has 1 heterocycles. The Labute approximate surface area is 134 Å². The first kappa shape index (κ1) is 14.8. The molecule has 0 aliphatic heterocycles. The average molecular weight is 304 g/mol. The fourth-order valence-corrected chi connectivity index (χ4v) is 2.28. The maximum Gasteiger partial charge on any atom is 0.185 e. The van der Waals surface area contributed by atoms with Crippen molar-refractivity contribution in [3.63, 3.8) is 0 Å². The van der Waals surface area contributed by atoms with Crippen LogP contribution in [-0.2, 0) is 0 Å². The van der Waals surface area contributed by atoms with E-state index in [1.807, 2.05) is 59.3 Å². The number of ketones is 1. The van der Waals surface area contributed by atoms with Gasteiger partial charge in [-0.2, -0.15) is 0 Å². The zero-order valence-corrected chi connectivity index (χ0v) is 12.7. The Balaban J connectivity index is 1.77. The van der Waals surface area contributed by atoms with E-state index in [1.54, 1.807) is 31.8 Å². The lowest BCUT2D eigenvalue weighted by Gasteiger charge is -2.04. The van der Waals surface area contributed by atoms with Gasteiger partial charge in [-0.1, -0.05) is 18.2 Å². The Morgan fingerprint density at radius 3 is 2.61 bits per heavy atom. The van der Waals surface area contributed by atoms with Crippen molar-refractivity contribution in [1.29, 1.82) is 0 Å². The molecule has 4 heteroatoms. The number of allylic oxidation sites excluding steroid dienone is 1. The second-order valence-corrected chi connectivity index (χ2v) is 4.96. The minimum atomic E-state index is -0.0481. The Hall–Kier alpha value is -3.14. The molecule has 3 rings (SSSR count). The number of imidazole rings is 1. The van der Waals surface area contributed by atoms with Gasteiger partial charge < -0.3 is 9.30 Å². The third-order valence-electron chi connectivity index (χ3n) is 3.51. The van der Waals surface area contributed by atoms with Gasteiger partial charge in [0.2, 0.25) is 0 Å². The van der Waals surface area contributed by atoms with Crippen molar-refractivity contribution in [3.05, 3.63) is 84.5 Å². The third-order valence-corrected chi connectivity index (χ3v) is 3.51. The van der Waals surface area contributed by atoms with Crippen LogP contribution in [0.3, 0.4) is 0 Å². The van der Waals surface area contributed by atoms with Gasteiger partial charge in [-0.15, -0.1) is 0 Å². The molecule has 23 heavy (non-hydrogen) atoms. The summed E-state index contributed by atoms with van der Waals surface area (Å²) >= 11 is 0. The number of benzene rings is 2. The van der Waals surface area contributed by atoms with Gasteiger partial charge in [-0.3, -0.25) is 4.79 Å². The van der Waals surface area contributed by atoms with Crippen LogP contribution in [0, 0.1) is 0 Å². The van der Waals surface area contributed by atoms with Gasteiger partial charge in [0.1, 0.15) is 5.75 Å². The molecular formula is C19H16N2O2. The summed E-state index contributed by atoms with van der Waals surface area (Å²) in [4.78, 5) is 16.3. The number of aromatic nitrogens is 2. The molecule has 0 atom stereocenters. The van der Waals surface area contributed by atoms with Crippen LogP contribution in [0.25, 0.3) is 11.8 Å². The van der Waals surface area contributed by atoms with Crippen LogP contribution in [0.5, 0.6) is 5.75 Å². The molecule has 0 amide bonds. The van der Waals surface area contributed by atoms with Gasteiger partial charge in [0.25, 0.3) is 0 Å². The number of methoxy groups -OCH3 is 1. The first-order chi connectivity index (χ1) is 11.3. The highest BCUT2D eigenvalue weighted by atomic mass is 16.5. The number of para-hydroxylation sites is 1. The standard InChI is InChI=1S/C19H16N2O2/c1-23-19-5-3-2-4-16(19)8-11-18(22)15-6-9-17(10-7-15)21-13-12-20-14-21/h2-14H,1H3/b11-8+. The summed E-state index contributed by atoms with van der Waals surface area (Å²) in [6.45, 7) is 0. The minimum absolute atomic E-state index is 0.0481. The lowest BCUT2D eigenvalue weighted by Crippen LogP contribution is -1.96. The van der Waals surface area contributed by atoms with E-state index in [-0.39, 0.29) is 5.78 Å². The normalized spacial score (nSPS) is 10.8. The van der Waals surface area contributed by atoms with Gasteiger partial charge >= 0.3 is 0 Å². The molecule has 114 valence electrons. The molecule has 4 nitrogen and oxygen atoms in total. The lowest BCUT2D eigenvalue weighted by atomic mass is 10.1. The number of carbonyl (C=O) groups is 1. The van der Waals surface area contributed by atoms with Gasteiger partial charge in [0.05, 0.1) is 13.4 Å². The SMILES string of the molecule is COc1ccccc1/C=C/C(=O)c1ccc(-n2ccnc2)cc1. The van der Waals surface area contributed by atoms with Gasteiger partial charge in [-0.25, -0.2) is 4.98 Å². The zero-order chi connectivity index (χ0) is 16.1. The molecule has 1 aromatic heterocycles. The highest BCUT2D eigenvalue weighted by molar-refractivity contribution is 6.07. The van der Waals surface area contributed by atoms with E-state index < -0.39 is 0 Å². The summed E-state index contributed by atoms with van der Waals surface area (Å²) in [6, 6.07) is 15.0. The molecule has 0 aliphatic carbocycles. The summed E-state index contributed by atoms with van der Waals surface area (Å²) in [7, 11) is 1.61. The van der Waals surface area contributed by atoms with E-state index in [1.165, 1.54) is 0 Å². The first-order valence-corrected chi connectivity index (χ1v) is 7.22. The maximum atomic E-state index is 12.3. The highest BCUT2D eigenvalue weighted by Gasteiger charge is 2.04. The molecule has 0 radical (unpaired) electrons. The molecule has 0 bridgehead atoms. The molecule has 2 aromatic carbocycles. The number of carbonyl (C=O) groups excluding carboxylic acids is 1. The Bertz CT molecular complexity index is 819. The van der Waals surface area contributed by atoms with E-state index in [4.69, 9.17) is 4.74 Å². The number of ether oxygens (including phenoxy) is 1. The van der Waals surface area contributed by atoms with E-state index in [0.717, 1.165) is 17.0 Å². The van der Waals surface area contributed by atoms with Crippen LogP contribution >= 0.6 is 0 Å². The number of nitrogens with zero attached hydrogens (tertiary/aromatic N) is 2. The number of hydrogen-bond acceptors (Lipinski definition) is 3. The van der Waals surface area contributed by atoms with Crippen molar-refractivity contribution in [2.75, 3.05) is 7.11 Å². The molecular weight excluding hydrogens is 288 g/mol. The number of rotatable bonds is 5. The number of hydrogen-bond donors (Lipinski definition) is 0. The highest BCUT2D eigenvalue weighted by Crippen LogP contribution is 2.19. The zero-order valence-electron chi connectivity index (χ0n) is 12.7. The second kappa shape index (κ2) is 6.75. The van der Waals surface area contributed by atoms with Crippen molar-refractivity contribution in [3.8, 4) is 11.4 Å². The largest absolute Gasteiger partial charge is 0.496 e. The van der Waals surface area contributed by atoms with Crippen molar-refractivity contribution < 1.29 is 9.53 Å². The van der Waals surface area contributed by atoms with Crippen molar-refractivity contribution >= 4 is 11.9 Å². The van der Waals surface area contributed by atoms with Crippen molar-refractivity contribution in [2.24, 2.45) is 0 Å². The van der Waals surface area contributed by atoms with E-state index >= 15 is 0 Å². The molecule has 0 aliphatic rings. The van der Waals surface area contributed by atoms with Crippen LogP contribution in [0.2, 0.25) is 0 Å². The van der Waals surface area contributed by atoms with Crippen LogP contribution in [0.15, 0.2) is 73.3 Å². The van der Waals surface area contributed by atoms with E-state index in [2.05, 4.69) is 4.98 Å². The molecule has 0 spiro atoms. The molecule has 3 aromatic rings. The molecule has 0 unspecified atom stereocenters. The van der Waals surface area contributed by atoms with E-state index in [9.17, 15) is 4.79 Å². The summed E-state index contributed by atoms with van der Waals surface area (Å²) in [5.74, 6) is 0.695. The predicted molar refractivity (Wildman–Crippen MR) is 89.9 cm³/mol. The van der Waals surface area contributed by atoms with Gasteiger partial charge in [0, 0.05) is 29.2 Å². The van der Waals surface area contributed by atoms with Crippen LogP contribution in [-0.4, -0.2) is 22.4 Å². The van der Waals surface area contributed by atoms with Crippen molar-refractivity contribution in [1.82, 2.24) is 9.55 Å². The smallest absolute Gasteiger partial charge is 0.185 e. The molecule has 0 fully saturated rings. The minimum Gasteiger partial charge on any atom is -0.496 e. The second-order valence-electron chi connectivity index (χ2n) is 4.96. The summed E-state index contributed by atoms with van der Waals surface area (Å²) < 4.78 is 7.16. The lowest BCUT2D eigenvalue weighted by molar-refractivity contribution is 0.104. The molecule has 0 saturated carbocycles. The molecule has 0 saturated heterocycles. The quantitative estimate of drug-likeness (QED) is 0.532. The van der Waals surface area contributed by atoms with Crippen molar-refractivity contribution in [2.45, 2.75) is 0 Å². The topological polar surface area (TPSA) is 44.1 Å². The van der Waals surface area contributed by atoms with Gasteiger partial charge in [-0.05, 0) is 42.5 Å². The fraction of sp³-hybridized carbons (Fsp3) is 0.0526. The monoisotopic (exact) mass is 304 g/mol. The molecule has 0 N–H and O–H groups in total. The Kier molecular flexibility index (Phi) is 4.34. The summed E-state index contributed by atoms with van der Waals surface area (Å²) in [5, 5.41) is 0. The summed E-state index contributed by atoms with van der Waals surface area (Å²) in [6.07, 6.45) is 8.63. The van der Waals surface area contributed by atoms with Crippen LogP contribution in [0.1, 0.15) is 15.9 Å². The predicted octanol–water partition coefficient (Wildman–Crippen LogP) is 3.78. The van der Waals surface area contributed by atoms with Gasteiger partial charge in [0.15, 0.2) is 5.78 Å². The average Bonchev–Trinajstić information content (AvgIpc) is 3.14. The third kappa shape index (κ3) is 3.37. The Morgan fingerprint density at radius 1 is 1.13 bits per heavy atom.